The lowest BCUT2D eigenvalue weighted by Crippen LogP contribution is -2.52. The number of rotatable bonds is 7. The summed E-state index contributed by atoms with van der Waals surface area (Å²) in [5, 5.41) is 15.3. The van der Waals surface area contributed by atoms with Crippen LogP contribution in [0.3, 0.4) is 0 Å². The predicted molar refractivity (Wildman–Crippen MR) is 202 cm³/mol. The topological polar surface area (TPSA) is 96.1 Å². The molecule has 0 radical (unpaired) electrons. The second-order valence-corrected chi connectivity index (χ2v) is 13.9. The first kappa shape index (κ1) is 34.3. The summed E-state index contributed by atoms with van der Waals surface area (Å²) in [6, 6.07) is 26.3. The highest BCUT2D eigenvalue weighted by Gasteiger charge is 2.34. The van der Waals surface area contributed by atoms with Crippen molar-refractivity contribution in [2.24, 2.45) is 14.1 Å². The van der Waals surface area contributed by atoms with Crippen molar-refractivity contribution in [1.82, 2.24) is 24.1 Å². The Bertz CT molecular complexity index is 2340. The summed E-state index contributed by atoms with van der Waals surface area (Å²) in [5.41, 5.74) is 6.79. The fraction of sp³-hybridized carbons (Fsp3) is 0.262. The highest BCUT2D eigenvalue weighted by molar-refractivity contribution is 6.13. The van der Waals surface area contributed by atoms with Gasteiger partial charge < -0.3 is 19.3 Å². The molecule has 270 valence electrons. The maximum atomic E-state index is 15.2. The van der Waals surface area contributed by atoms with E-state index in [1.54, 1.807) is 40.0 Å². The number of carbonyl (C=O) groups is 2. The van der Waals surface area contributed by atoms with Gasteiger partial charge >= 0.3 is 0 Å². The number of amides is 2. The van der Waals surface area contributed by atoms with E-state index in [2.05, 4.69) is 22.1 Å². The van der Waals surface area contributed by atoms with Crippen LogP contribution in [0.1, 0.15) is 37.5 Å². The van der Waals surface area contributed by atoms with Gasteiger partial charge in [-0.25, -0.2) is 4.39 Å². The first-order valence-corrected chi connectivity index (χ1v) is 17.9. The van der Waals surface area contributed by atoms with Gasteiger partial charge in [-0.15, -0.1) is 0 Å². The van der Waals surface area contributed by atoms with Gasteiger partial charge in [-0.05, 0) is 91.2 Å². The van der Waals surface area contributed by atoms with Crippen molar-refractivity contribution in [1.29, 1.82) is 0 Å². The normalized spacial score (nSPS) is 16.2. The zero-order valence-corrected chi connectivity index (χ0v) is 30.0. The molecule has 2 amide bonds. The Morgan fingerprint density at radius 2 is 1.64 bits per heavy atom. The lowest BCUT2D eigenvalue weighted by Gasteiger charge is -2.40. The summed E-state index contributed by atoms with van der Waals surface area (Å²) in [4.78, 5) is 35.4. The zero-order chi connectivity index (χ0) is 36.8. The Labute approximate surface area is 307 Å². The second-order valence-electron chi connectivity index (χ2n) is 13.9. The molecule has 8 rings (SSSR count). The standard InChI is InChI=1S/C42H41FN6O4/c1-27-37(42(52)49(32-9-12-35(50)13-10-32)33-11-15-39-30(21-33)24-44-46(39)3)23-40(45(27)2)38-22-31(43)8-14-36(38)41(51)48-25-29-7-5-4-6-28(29)20-34(48)26-47-16-18-53-19-17-47/h4-15,21-24,34,50H,16-20,25-26H2,1-3H3/t34-/m0/s1. The summed E-state index contributed by atoms with van der Waals surface area (Å²) in [5.74, 6) is -0.905. The van der Waals surface area contributed by atoms with Crippen molar-refractivity contribution in [2.75, 3.05) is 37.7 Å². The van der Waals surface area contributed by atoms with Crippen LogP contribution in [0.15, 0.2) is 97.2 Å². The molecule has 2 aliphatic heterocycles. The largest absolute Gasteiger partial charge is 0.508 e. The van der Waals surface area contributed by atoms with Crippen molar-refractivity contribution in [3.8, 4) is 17.0 Å². The van der Waals surface area contributed by atoms with Gasteiger partial charge in [-0.3, -0.25) is 24.1 Å². The number of hydrogen-bond donors (Lipinski definition) is 1. The minimum atomic E-state index is -0.479. The van der Waals surface area contributed by atoms with Crippen LogP contribution < -0.4 is 4.90 Å². The third kappa shape index (κ3) is 6.47. The van der Waals surface area contributed by atoms with Crippen LogP contribution >= 0.6 is 0 Å². The number of ether oxygens (including phenoxy) is 1. The van der Waals surface area contributed by atoms with Gasteiger partial charge in [0.2, 0.25) is 0 Å². The minimum Gasteiger partial charge on any atom is -0.508 e. The monoisotopic (exact) mass is 712 g/mol. The van der Waals surface area contributed by atoms with Crippen molar-refractivity contribution in [3.63, 3.8) is 0 Å². The van der Waals surface area contributed by atoms with Crippen LogP contribution in [0.2, 0.25) is 0 Å². The molecule has 0 aliphatic carbocycles. The highest BCUT2D eigenvalue weighted by atomic mass is 19.1. The molecule has 2 aromatic heterocycles. The molecule has 0 saturated carbocycles. The molecule has 0 unspecified atom stereocenters. The molecule has 1 atom stereocenters. The maximum Gasteiger partial charge on any atom is 0.264 e. The van der Waals surface area contributed by atoms with Crippen LogP contribution in [0.4, 0.5) is 15.8 Å². The van der Waals surface area contributed by atoms with E-state index in [1.807, 2.05) is 60.8 Å². The number of carbonyl (C=O) groups excluding carboxylic acids is 2. The van der Waals surface area contributed by atoms with Crippen LogP contribution in [-0.2, 0) is 31.8 Å². The van der Waals surface area contributed by atoms with Crippen molar-refractivity contribution < 1.29 is 23.8 Å². The fourth-order valence-electron chi connectivity index (χ4n) is 7.71. The van der Waals surface area contributed by atoms with E-state index in [0.717, 1.165) is 36.0 Å². The van der Waals surface area contributed by atoms with E-state index in [1.165, 1.54) is 29.8 Å². The predicted octanol–water partition coefficient (Wildman–Crippen LogP) is 6.61. The molecule has 1 fully saturated rings. The summed E-state index contributed by atoms with van der Waals surface area (Å²) in [6.07, 6.45) is 2.47. The quantitative estimate of drug-likeness (QED) is 0.200. The number of aromatic hydroxyl groups is 1. The summed E-state index contributed by atoms with van der Waals surface area (Å²) in [6.45, 7) is 5.93. The lowest BCUT2D eigenvalue weighted by atomic mass is 9.92. The van der Waals surface area contributed by atoms with Gasteiger partial charge in [0, 0.05) is 79.9 Å². The molecule has 2 aliphatic rings. The number of phenolic OH excluding ortho intramolecular Hbond substituents is 1. The zero-order valence-electron chi connectivity index (χ0n) is 30.0. The number of aryl methyl sites for hydroxylation is 1. The number of aromatic nitrogens is 3. The number of benzene rings is 4. The molecule has 6 aromatic rings. The molecule has 11 heteroatoms. The molecular formula is C42H41FN6O4. The molecule has 4 heterocycles. The third-order valence-electron chi connectivity index (χ3n) is 10.7. The molecule has 0 spiro atoms. The number of hydrogen-bond acceptors (Lipinski definition) is 6. The number of morpholine rings is 1. The second kappa shape index (κ2) is 14.0. The highest BCUT2D eigenvalue weighted by Crippen LogP contribution is 2.36. The van der Waals surface area contributed by atoms with Crippen LogP contribution in [-0.4, -0.2) is 80.0 Å². The molecule has 4 aromatic carbocycles. The van der Waals surface area contributed by atoms with E-state index in [0.29, 0.717) is 65.8 Å². The van der Waals surface area contributed by atoms with Crippen LogP contribution in [0, 0.1) is 12.7 Å². The summed E-state index contributed by atoms with van der Waals surface area (Å²) < 4.78 is 24.4. The Balaban J connectivity index is 1.18. The molecule has 53 heavy (non-hydrogen) atoms. The summed E-state index contributed by atoms with van der Waals surface area (Å²) >= 11 is 0. The minimum absolute atomic E-state index is 0.0784. The Hall–Kier alpha value is -5.78. The number of halogens is 1. The van der Waals surface area contributed by atoms with Gasteiger partial charge in [-0.1, -0.05) is 24.3 Å². The third-order valence-corrected chi connectivity index (χ3v) is 10.7. The smallest absolute Gasteiger partial charge is 0.264 e. The van der Waals surface area contributed by atoms with Gasteiger partial charge in [0.25, 0.3) is 11.8 Å². The molecule has 10 nitrogen and oxygen atoms in total. The van der Waals surface area contributed by atoms with E-state index in [4.69, 9.17) is 4.74 Å². The fourth-order valence-corrected chi connectivity index (χ4v) is 7.71. The van der Waals surface area contributed by atoms with Crippen molar-refractivity contribution in [3.05, 3.63) is 131 Å². The first-order valence-electron chi connectivity index (χ1n) is 17.9. The Morgan fingerprint density at radius 1 is 0.906 bits per heavy atom. The lowest BCUT2D eigenvalue weighted by molar-refractivity contribution is 0.0193. The molecule has 1 N–H and O–H groups in total. The SMILES string of the molecule is Cc1c(C(=O)N(c2ccc(O)cc2)c2ccc3c(cnn3C)c2)cc(-c2cc(F)ccc2C(=O)N2Cc3ccccc3C[C@H]2CN2CCOCC2)n1C. The van der Waals surface area contributed by atoms with E-state index < -0.39 is 5.82 Å². The molecular weight excluding hydrogens is 671 g/mol. The Kier molecular flexibility index (Phi) is 9.05. The first-order chi connectivity index (χ1) is 25.7. The van der Waals surface area contributed by atoms with E-state index in [-0.39, 0.29) is 23.6 Å². The van der Waals surface area contributed by atoms with Crippen molar-refractivity contribution in [2.45, 2.75) is 25.9 Å². The number of nitrogens with zero attached hydrogens (tertiary/aromatic N) is 6. The molecule has 0 bridgehead atoms. The number of anilines is 2. The van der Waals surface area contributed by atoms with Crippen molar-refractivity contribution >= 4 is 34.1 Å². The number of phenols is 1. The van der Waals surface area contributed by atoms with E-state index in [9.17, 15) is 14.7 Å². The van der Waals surface area contributed by atoms with Gasteiger partial charge in [0.1, 0.15) is 11.6 Å². The Morgan fingerprint density at radius 3 is 2.42 bits per heavy atom. The van der Waals surface area contributed by atoms with Gasteiger partial charge in [0.05, 0.1) is 36.2 Å². The van der Waals surface area contributed by atoms with Crippen LogP contribution in [0.5, 0.6) is 5.75 Å². The van der Waals surface area contributed by atoms with Gasteiger partial charge in [0.15, 0.2) is 0 Å². The number of fused-ring (bicyclic) bond motifs is 2. The maximum absolute atomic E-state index is 15.2. The molecule has 1 saturated heterocycles. The average molecular weight is 713 g/mol. The van der Waals surface area contributed by atoms with Crippen LogP contribution in [0.25, 0.3) is 22.2 Å². The average Bonchev–Trinajstić information content (AvgIpc) is 3.69. The summed E-state index contributed by atoms with van der Waals surface area (Å²) in [7, 11) is 3.69. The van der Waals surface area contributed by atoms with E-state index >= 15 is 4.39 Å². The van der Waals surface area contributed by atoms with Gasteiger partial charge in [-0.2, -0.15) is 5.10 Å².